The second-order valence-electron chi connectivity index (χ2n) is 7.56. The fourth-order valence-corrected chi connectivity index (χ4v) is 4.22. The summed E-state index contributed by atoms with van der Waals surface area (Å²) >= 11 is 1.52. The van der Waals surface area contributed by atoms with Gasteiger partial charge in [0, 0.05) is 38.8 Å². The molecule has 7 heteroatoms. The van der Waals surface area contributed by atoms with E-state index in [4.69, 9.17) is 4.74 Å². The summed E-state index contributed by atoms with van der Waals surface area (Å²) in [6, 6.07) is 15.6. The zero-order valence-electron chi connectivity index (χ0n) is 18.4. The van der Waals surface area contributed by atoms with Gasteiger partial charge in [-0.2, -0.15) is 5.10 Å². The van der Waals surface area contributed by atoms with E-state index >= 15 is 0 Å². The number of nitrogens with zero attached hydrogens (tertiary/aromatic N) is 2. The molecule has 32 heavy (non-hydrogen) atoms. The maximum Gasteiger partial charge on any atom is 0.203 e. The van der Waals surface area contributed by atoms with Crippen LogP contribution in [0.1, 0.15) is 31.5 Å². The number of aromatic amines is 1. The number of benzene rings is 2. The Kier molecular flexibility index (Phi) is 6.66. The first-order chi connectivity index (χ1) is 15.5. The van der Waals surface area contributed by atoms with E-state index in [0.29, 0.717) is 30.6 Å². The molecule has 4 aromatic rings. The van der Waals surface area contributed by atoms with Gasteiger partial charge in [0.1, 0.15) is 5.75 Å². The summed E-state index contributed by atoms with van der Waals surface area (Å²) in [6.07, 6.45) is 1.28. The van der Waals surface area contributed by atoms with E-state index in [9.17, 15) is 4.79 Å². The predicted octanol–water partition coefficient (Wildman–Crippen LogP) is 5.78. The lowest BCUT2D eigenvalue weighted by atomic mass is 10.0. The fraction of sp³-hybridized carbons (Fsp3) is 0.240. The number of nitrogens with one attached hydrogen (secondary N) is 2. The monoisotopic (exact) mass is 446 g/mol. The minimum absolute atomic E-state index is 0.0472. The van der Waals surface area contributed by atoms with E-state index in [0.717, 1.165) is 38.9 Å². The van der Waals surface area contributed by atoms with E-state index < -0.39 is 0 Å². The van der Waals surface area contributed by atoms with Crippen LogP contribution in [-0.4, -0.2) is 22.3 Å². The number of aromatic nitrogens is 2. The van der Waals surface area contributed by atoms with Gasteiger partial charge in [-0.3, -0.25) is 10.2 Å². The van der Waals surface area contributed by atoms with Gasteiger partial charge in [0.25, 0.3) is 0 Å². The van der Waals surface area contributed by atoms with Crippen molar-refractivity contribution < 1.29 is 4.74 Å². The summed E-state index contributed by atoms with van der Waals surface area (Å²) in [7, 11) is 0. The number of rotatable bonds is 8. The maximum atomic E-state index is 13.1. The summed E-state index contributed by atoms with van der Waals surface area (Å²) in [4.78, 5) is 21.0. The molecule has 0 aliphatic heterocycles. The number of anilines is 1. The first-order valence-electron chi connectivity index (χ1n) is 10.6. The lowest BCUT2D eigenvalue weighted by molar-refractivity contribution is 0.340. The van der Waals surface area contributed by atoms with E-state index in [1.807, 2.05) is 74.7 Å². The Bertz CT molecular complexity index is 1310. The Morgan fingerprint density at radius 2 is 2.03 bits per heavy atom. The molecule has 2 aromatic heterocycles. The molecule has 0 unspecified atom stereocenters. The molecule has 4 rings (SSSR count). The molecule has 0 aliphatic rings. The molecule has 0 saturated heterocycles. The van der Waals surface area contributed by atoms with Crippen LogP contribution in [0, 0.1) is 6.92 Å². The summed E-state index contributed by atoms with van der Waals surface area (Å²) in [5.41, 5.74) is 8.50. The SMILES string of the molecule is CCOc1ccc2[nH]c(C)c(CCC(C)=NNc3nc(-c4ccccc4)cs3)c(=O)c2c1. The first kappa shape index (κ1) is 21.8. The van der Waals surface area contributed by atoms with Crippen molar-refractivity contribution >= 4 is 33.1 Å². The number of hydrazone groups is 1. The fourth-order valence-electron chi connectivity index (χ4n) is 3.56. The van der Waals surface area contributed by atoms with Gasteiger partial charge in [-0.05, 0) is 51.8 Å². The minimum atomic E-state index is 0.0472. The van der Waals surface area contributed by atoms with Crippen LogP contribution in [0.2, 0.25) is 0 Å². The van der Waals surface area contributed by atoms with Crippen molar-refractivity contribution in [3.63, 3.8) is 0 Å². The van der Waals surface area contributed by atoms with Crippen molar-refractivity contribution in [2.45, 2.75) is 33.6 Å². The normalized spacial score (nSPS) is 11.7. The highest BCUT2D eigenvalue weighted by Crippen LogP contribution is 2.24. The number of H-pyrrole nitrogens is 1. The molecular weight excluding hydrogens is 420 g/mol. The van der Waals surface area contributed by atoms with Gasteiger partial charge in [-0.15, -0.1) is 11.3 Å². The van der Waals surface area contributed by atoms with E-state index in [1.54, 1.807) is 0 Å². The molecule has 2 heterocycles. The van der Waals surface area contributed by atoms with Crippen LogP contribution in [0.25, 0.3) is 22.2 Å². The summed E-state index contributed by atoms with van der Waals surface area (Å²) in [6.45, 7) is 6.39. The van der Waals surface area contributed by atoms with E-state index in [2.05, 4.69) is 20.5 Å². The zero-order valence-corrected chi connectivity index (χ0v) is 19.3. The third-order valence-electron chi connectivity index (χ3n) is 5.25. The van der Waals surface area contributed by atoms with Crippen molar-refractivity contribution in [1.29, 1.82) is 0 Å². The van der Waals surface area contributed by atoms with Gasteiger partial charge >= 0.3 is 0 Å². The van der Waals surface area contributed by atoms with Gasteiger partial charge in [-0.1, -0.05) is 30.3 Å². The number of thiazole rings is 1. The third kappa shape index (κ3) is 4.89. The molecule has 0 aliphatic carbocycles. The number of ether oxygens (including phenoxy) is 1. The highest BCUT2D eigenvalue weighted by atomic mass is 32.1. The number of hydrogen-bond donors (Lipinski definition) is 2. The summed E-state index contributed by atoms with van der Waals surface area (Å²) < 4.78 is 5.56. The molecule has 0 radical (unpaired) electrons. The minimum Gasteiger partial charge on any atom is -0.494 e. The number of hydrogen-bond acceptors (Lipinski definition) is 6. The van der Waals surface area contributed by atoms with Crippen molar-refractivity contribution in [3.8, 4) is 17.0 Å². The second kappa shape index (κ2) is 9.78. The second-order valence-corrected chi connectivity index (χ2v) is 8.42. The Morgan fingerprint density at radius 1 is 1.22 bits per heavy atom. The lowest BCUT2D eigenvalue weighted by Gasteiger charge is -2.10. The van der Waals surface area contributed by atoms with Crippen molar-refractivity contribution in [2.75, 3.05) is 12.0 Å². The van der Waals surface area contributed by atoms with Crippen LogP contribution in [0.4, 0.5) is 5.13 Å². The molecule has 164 valence electrons. The van der Waals surface area contributed by atoms with E-state index in [-0.39, 0.29) is 5.43 Å². The molecule has 0 atom stereocenters. The maximum absolute atomic E-state index is 13.1. The molecule has 0 fully saturated rings. The highest BCUT2D eigenvalue weighted by Gasteiger charge is 2.11. The van der Waals surface area contributed by atoms with Crippen molar-refractivity contribution in [2.24, 2.45) is 5.10 Å². The zero-order chi connectivity index (χ0) is 22.5. The molecule has 0 spiro atoms. The van der Waals surface area contributed by atoms with Crippen LogP contribution in [-0.2, 0) is 6.42 Å². The Labute approximate surface area is 191 Å². The first-order valence-corrected chi connectivity index (χ1v) is 11.5. The average molecular weight is 447 g/mol. The van der Waals surface area contributed by atoms with Gasteiger partial charge in [0.2, 0.25) is 5.13 Å². The Morgan fingerprint density at radius 3 is 2.81 bits per heavy atom. The molecule has 6 nitrogen and oxygen atoms in total. The van der Waals surface area contributed by atoms with Crippen molar-refractivity contribution in [3.05, 3.63) is 75.4 Å². The van der Waals surface area contributed by atoms with Crippen LogP contribution in [0.3, 0.4) is 0 Å². The van der Waals surface area contributed by atoms with Gasteiger partial charge in [0.05, 0.1) is 12.3 Å². The summed E-state index contributed by atoms with van der Waals surface area (Å²) in [5, 5.41) is 7.87. The molecule has 2 N–H and O–H groups in total. The smallest absolute Gasteiger partial charge is 0.203 e. The molecule has 0 saturated carbocycles. The molecule has 0 bridgehead atoms. The molecule has 0 amide bonds. The topological polar surface area (TPSA) is 79.4 Å². The Balaban J connectivity index is 1.45. The van der Waals surface area contributed by atoms with Gasteiger partial charge in [0.15, 0.2) is 5.43 Å². The van der Waals surface area contributed by atoms with Crippen LogP contribution in [0.15, 0.2) is 63.8 Å². The standard InChI is InChI=1S/C25H26N4O2S/c1-4-31-19-11-13-22-21(14-19)24(30)20(17(3)26-22)12-10-16(2)28-29-25-27-23(15-32-25)18-8-6-5-7-9-18/h5-9,11,13-15H,4,10,12H2,1-3H3,(H,26,30)(H,27,29). The average Bonchev–Trinajstić information content (AvgIpc) is 3.28. The van der Waals surface area contributed by atoms with Crippen molar-refractivity contribution in [1.82, 2.24) is 9.97 Å². The number of pyridine rings is 1. The number of aryl methyl sites for hydroxylation is 1. The van der Waals surface area contributed by atoms with Crippen LogP contribution < -0.4 is 15.6 Å². The molecular formula is C25H26N4O2S. The summed E-state index contributed by atoms with van der Waals surface area (Å²) in [5.74, 6) is 0.709. The lowest BCUT2D eigenvalue weighted by Crippen LogP contribution is -2.15. The molecule has 2 aromatic carbocycles. The van der Waals surface area contributed by atoms with Gasteiger partial charge < -0.3 is 9.72 Å². The van der Waals surface area contributed by atoms with Crippen LogP contribution in [0.5, 0.6) is 5.75 Å². The van der Waals surface area contributed by atoms with E-state index in [1.165, 1.54) is 11.3 Å². The quantitative estimate of drug-likeness (QED) is 0.266. The highest BCUT2D eigenvalue weighted by molar-refractivity contribution is 7.14. The Hall–Kier alpha value is -3.45. The van der Waals surface area contributed by atoms with Gasteiger partial charge in [-0.25, -0.2) is 4.98 Å². The largest absolute Gasteiger partial charge is 0.494 e. The predicted molar refractivity (Wildman–Crippen MR) is 133 cm³/mol. The third-order valence-corrected chi connectivity index (χ3v) is 6.00. The number of fused-ring (bicyclic) bond motifs is 1. The van der Waals surface area contributed by atoms with Crippen LogP contribution >= 0.6 is 11.3 Å².